The lowest BCUT2D eigenvalue weighted by molar-refractivity contribution is 0.590. The van der Waals surface area contributed by atoms with Crippen molar-refractivity contribution in [2.45, 2.75) is 47.0 Å². The Bertz CT molecular complexity index is 850. The minimum Gasteiger partial charge on any atom is -0.436 e. The Morgan fingerprint density at radius 2 is 1.55 bits per heavy atom. The fourth-order valence-corrected chi connectivity index (χ4v) is 2.70. The van der Waals surface area contributed by atoms with Gasteiger partial charge in [0.05, 0.1) is 0 Å². The van der Waals surface area contributed by atoms with Crippen molar-refractivity contribution in [2.75, 3.05) is 0 Å². The monoisotopic (exact) mass is 293 g/mol. The third-order valence-corrected chi connectivity index (χ3v) is 4.32. The zero-order valence-electron chi connectivity index (χ0n) is 14.2. The maximum absolute atomic E-state index is 5.99. The van der Waals surface area contributed by atoms with E-state index in [0.29, 0.717) is 5.89 Å². The SMILES string of the molecule is Cc1cc(C)c(-c2nc3cc(C(C)(C)C)ccc3o2)cc1C. The third-order valence-electron chi connectivity index (χ3n) is 4.32. The number of nitrogens with zero attached hydrogens (tertiary/aromatic N) is 1. The number of rotatable bonds is 1. The van der Waals surface area contributed by atoms with Crippen molar-refractivity contribution in [1.82, 2.24) is 4.98 Å². The molecule has 0 aliphatic heterocycles. The molecule has 2 heteroatoms. The first-order chi connectivity index (χ1) is 10.3. The molecular weight excluding hydrogens is 270 g/mol. The Morgan fingerprint density at radius 3 is 2.23 bits per heavy atom. The molecule has 114 valence electrons. The van der Waals surface area contributed by atoms with Crippen molar-refractivity contribution in [3.8, 4) is 11.5 Å². The molecule has 1 aromatic heterocycles. The molecule has 0 fully saturated rings. The quantitative estimate of drug-likeness (QED) is 0.573. The summed E-state index contributed by atoms with van der Waals surface area (Å²) < 4.78 is 5.99. The van der Waals surface area contributed by atoms with Crippen LogP contribution in [0.15, 0.2) is 34.7 Å². The molecule has 0 saturated heterocycles. The topological polar surface area (TPSA) is 26.0 Å². The van der Waals surface area contributed by atoms with Gasteiger partial charge in [0.15, 0.2) is 5.58 Å². The lowest BCUT2D eigenvalue weighted by atomic mass is 9.87. The van der Waals surface area contributed by atoms with E-state index in [1.54, 1.807) is 0 Å². The van der Waals surface area contributed by atoms with E-state index in [1.165, 1.54) is 22.3 Å². The Kier molecular flexibility index (Phi) is 3.36. The summed E-state index contributed by atoms with van der Waals surface area (Å²) in [7, 11) is 0. The predicted molar refractivity (Wildman–Crippen MR) is 92.4 cm³/mol. The first kappa shape index (κ1) is 14.8. The molecule has 0 aliphatic rings. The fraction of sp³-hybridized carbons (Fsp3) is 0.350. The number of hydrogen-bond donors (Lipinski definition) is 0. The summed E-state index contributed by atoms with van der Waals surface area (Å²) in [6.07, 6.45) is 0. The van der Waals surface area contributed by atoms with Gasteiger partial charge in [-0.15, -0.1) is 0 Å². The first-order valence-corrected chi connectivity index (χ1v) is 7.75. The van der Waals surface area contributed by atoms with Gasteiger partial charge in [0, 0.05) is 5.56 Å². The van der Waals surface area contributed by atoms with Crippen LogP contribution in [0, 0.1) is 20.8 Å². The third kappa shape index (κ3) is 2.54. The molecule has 0 radical (unpaired) electrons. The van der Waals surface area contributed by atoms with Crippen molar-refractivity contribution in [2.24, 2.45) is 0 Å². The summed E-state index contributed by atoms with van der Waals surface area (Å²) in [4.78, 5) is 4.72. The smallest absolute Gasteiger partial charge is 0.227 e. The molecule has 0 amide bonds. The van der Waals surface area contributed by atoms with Crippen LogP contribution >= 0.6 is 0 Å². The molecule has 1 heterocycles. The maximum Gasteiger partial charge on any atom is 0.227 e. The Hall–Kier alpha value is -2.09. The first-order valence-electron chi connectivity index (χ1n) is 7.75. The molecule has 0 unspecified atom stereocenters. The molecule has 2 nitrogen and oxygen atoms in total. The molecule has 0 spiro atoms. The second kappa shape index (κ2) is 4.98. The van der Waals surface area contributed by atoms with Gasteiger partial charge < -0.3 is 4.42 Å². The highest BCUT2D eigenvalue weighted by molar-refractivity contribution is 5.78. The second-order valence-electron chi connectivity index (χ2n) is 7.20. The lowest BCUT2D eigenvalue weighted by Crippen LogP contribution is -2.10. The van der Waals surface area contributed by atoms with Crippen LogP contribution in [-0.4, -0.2) is 4.98 Å². The van der Waals surface area contributed by atoms with Gasteiger partial charge in [-0.05, 0) is 66.6 Å². The fourth-order valence-electron chi connectivity index (χ4n) is 2.70. The molecule has 2 aromatic carbocycles. The Balaban J connectivity index is 2.15. The molecule has 0 saturated carbocycles. The number of oxazole rings is 1. The van der Waals surface area contributed by atoms with Crippen LogP contribution < -0.4 is 0 Å². The van der Waals surface area contributed by atoms with Crippen molar-refractivity contribution in [3.05, 3.63) is 52.6 Å². The average Bonchev–Trinajstić information content (AvgIpc) is 2.84. The Labute approximate surface area is 132 Å². The molecular formula is C20H23NO. The van der Waals surface area contributed by atoms with Gasteiger partial charge in [-0.25, -0.2) is 4.98 Å². The molecule has 0 atom stereocenters. The number of benzene rings is 2. The maximum atomic E-state index is 5.99. The van der Waals surface area contributed by atoms with E-state index in [2.05, 4.69) is 65.8 Å². The number of aryl methyl sites for hydroxylation is 3. The molecule has 0 aliphatic carbocycles. The molecule has 3 rings (SSSR count). The van der Waals surface area contributed by atoms with E-state index >= 15 is 0 Å². The minimum absolute atomic E-state index is 0.115. The van der Waals surface area contributed by atoms with Crippen molar-refractivity contribution in [3.63, 3.8) is 0 Å². The van der Waals surface area contributed by atoms with Gasteiger partial charge in [0.25, 0.3) is 0 Å². The van der Waals surface area contributed by atoms with E-state index in [4.69, 9.17) is 9.40 Å². The Morgan fingerprint density at radius 1 is 0.864 bits per heavy atom. The van der Waals surface area contributed by atoms with Crippen LogP contribution in [0.25, 0.3) is 22.6 Å². The molecule has 0 N–H and O–H groups in total. The summed E-state index contributed by atoms with van der Waals surface area (Å²) >= 11 is 0. The second-order valence-corrected chi connectivity index (χ2v) is 7.20. The van der Waals surface area contributed by atoms with Crippen molar-refractivity contribution in [1.29, 1.82) is 0 Å². The predicted octanol–water partition coefficient (Wildman–Crippen LogP) is 5.72. The zero-order valence-corrected chi connectivity index (χ0v) is 14.2. The summed E-state index contributed by atoms with van der Waals surface area (Å²) in [5.41, 5.74) is 8.01. The summed E-state index contributed by atoms with van der Waals surface area (Å²) in [6.45, 7) is 13.0. The van der Waals surface area contributed by atoms with Gasteiger partial charge in [-0.1, -0.05) is 32.9 Å². The van der Waals surface area contributed by atoms with Crippen LogP contribution in [0.3, 0.4) is 0 Å². The zero-order chi connectivity index (χ0) is 16.1. The van der Waals surface area contributed by atoms with E-state index in [1.807, 2.05) is 6.07 Å². The van der Waals surface area contributed by atoms with Crippen LogP contribution in [-0.2, 0) is 5.41 Å². The molecule has 3 aromatic rings. The molecule has 0 bridgehead atoms. The number of hydrogen-bond acceptors (Lipinski definition) is 2. The number of aromatic nitrogens is 1. The van der Waals surface area contributed by atoms with Crippen LogP contribution in [0.2, 0.25) is 0 Å². The standard InChI is InChI=1S/C20H23NO/c1-12-9-14(3)16(10-13(12)2)19-21-17-11-15(20(4,5)6)7-8-18(17)22-19/h7-11H,1-6H3. The normalized spacial score (nSPS) is 12.1. The highest BCUT2D eigenvalue weighted by Crippen LogP contribution is 2.31. The van der Waals surface area contributed by atoms with E-state index < -0.39 is 0 Å². The van der Waals surface area contributed by atoms with Crippen LogP contribution in [0.4, 0.5) is 0 Å². The number of fused-ring (bicyclic) bond motifs is 1. The van der Waals surface area contributed by atoms with Gasteiger partial charge in [-0.3, -0.25) is 0 Å². The molecule has 22 heavy (non-hydrogen) atoms. The minimum atomic E-state index is 0.115. The summed E-state index contributed by atoms with van der Waals surface area (Å²) in [5, 5.41) is 0. The summed E-state index contributed by atoms with van der Waals surface area (Å²) in [5.74, 6) is 0.710. The van der Waals surface area contributed by atoms with Crippen molar-refractivity contribution >= 4 is 11.1 Å². The van der Waals surface area contributed by atoms with Gasteiger partial charge in [0.1, 0.15) is 5.52 Å². The van der Waals surface area contributed by atoms with Gasteiger partial charge in [0.2, 0.25) is 5.89 Å². The average molecular weight is 293 g/mol. The van der Waals surface area contributed by atoms with E-state index in [9.17, 15) is 0 Å². The van der Waals surface area contributed by atoms with Gasteiger partial charge >= 0.3 is 0 Å². The van der Waals surface area contributed by atoms with Crippen molar-refractivity contribution < 1.29 is 4.42 Å². The highest BCUT2D eigenvalue weighted by Gasteiger charge is 2.17. The highest BCUT2D eigenvalue weighted by atomic mass is 16.3. The van der Waals surface area contributed by atoms with Gasteiger partial charge in [-0.2, -0.15) is 0 Å². The summed E-state index contributed by atoms with van der Waals surface area (Å²) in [6, 6.07) is 10.7. The van der Waals surface area contributed by atoms with E-state index in [-0.39, 0.29) is 5.41 Å². The van der Waals surface area contributed by atoms with Crippen LogP contribution in [0.5, 0.6) is 0 Å². The lowest BCUT2D eigenvalue weighted by Gasteiger charge is -2.18. The van der Waals surface area contributed by atoms with Crippen LogP contribution in [0.1, 0.15) is 43.0 Å². The van der Waals surface area contributed by atoms with E-state index in [0.717, 1.165) is 16.7 Å². The largest absolute Gasteiger partial charge is 0.436 e.